The van der Waals surface area contributed by atoms with E-state index in [1.54, 1.807) is 0 Å². The Morgan fingerprint density at radius 2 is 2.15 bits per heavy atom. The second-order valence-electron chi connectivity index (χ2n) is 4.96. The number of rotatable bonds is 3. The molecule has 0 bridgehead atoms. The molecule has 7 nitrogen and oxygen atoms in total. The van der Waals surface area contributed by atoms with Crippen molar-refractivity contribution in [2.24, 2.45) is 16.5 Å². The molecule has 1 aliphatic rings. The topological polar surface area (TPSA) is 120 Å². The molecule has 0 saturated heterocycles. The first-order chi connectivity index (χ1) is 9.31. The molecule has 0 spiro atoms. The lowest BCUT2D eigenvalue weighted by molar-refractivity contribution is -0.416. The molecule has 5 N–H and O–H groups in total. The first-order valence-electron chi connectivity index (χ1n) is 6.14. The zero-order valence-electron chi connectivity index (χ0n) is 11.4. The highest BCUT2D eigenvalue weighted by Crippen LogP contribution is 2.19. The Morgan fingerprint density at radius 3 is 2.75 bits per heavy atom. The molecule has 106 valence electrons. The van der Waals surface area contributed by atoms with Crippen LogP contribution in [-0.4, -0.2) is 16.5 Å². The summed E-state index contributed by atoms with van der Waals surface area (Å²) in [5.41, 5.74) is 14.7. The van der Waals surface area contributed by atoms with Gasteiger partial charge in [0.1, 0.15) is 0 Å². The van der Waals surface area contributed by atoms with Crippen molar-refractivity contribution in [3.8, 4) is 0 Å². The van der Waals surface area contributed by atoms with Gasteiger partial charge in [-0.3, -0.25) is 15.8 Å². The number of nitrogens with one attached hydrogen (secondary N) is 1. The molecule has 0 radical (unpaired) electrons. The van der Waals surface area contributed by atoms with Crippen LogP contribution in [-0.2, 0) is 6.42 Å². The molecule has 20 heavy (non-hydrogen) atoms. The van der Waals surface area contributed by atoms with E-state index in [0.29, 0.717) is 6.42 Å². The van der Waals surface area contributed by atoms with E-state index in [0.717, 1.165) is 16.7 Å². The third kappa shape index (κ3) is 2.77. The molecule has 0 aromatic heterocycles. The molecule has 1 aliphatic heterocycles. The summed E-state index contributed by atoms with van der Waals surface area (Å²) < 4.78 is 0. The summed E-state index contributed by atoms with van der Waals surface area (Å²) in [6.07, 6.45) is 1.59. The van der Waals surface area contributed by atoms with Crippen molar-refractivity contribution in [1.29, 1.82) is 0 Å². The summed E-state index contributed by atoms with van der Waals surface area (Å²) in [6.45, 7) is 3.97. The van der Waals surface area contributed by atoms with Crippen molar-refractivity contribution in [2.75, 3.05) is 0 Å². The molecule has 1 unspecified atom stereocenters. The molecule has 1 aromatic carbocycles. The zero-order valence-corrected chi connectivity index (χ0v) is 11.4. The summed E-state index contributed by atoms with van der Waals surface area (Å²) in [6, 6.07) is 6.03. The van der Waals surface area contributed by atoms with E-state index >= 15 is 0 Å². The predicted octanol–water partition coefficient (Wildman–Crippen LogP) is 0.537. The van der Waals surface area contributed by atoms with E-state index < -0.39 is 10.7 Å². The monoisotopic (exact) mass is 275 g/mol. The highest BCUT2D eigenvalue weighted by molar-refractivity contribution is 5.95. The fourth-order valence-electron chi connectivity index (χ4n) is 2.09. The van der Waals surface area contributed by atoms with Crippen LogP contribution in [0.15, 0.2) is 35.1 Å². The maximum atomic E-state index is 10.7. The van der Waals surface area contributed by atoms with Crippen molar-refractivity contribution in [3.63, 3.8) is 0 Å². The summed E-state index contributed by atoms with van der Waals surface area (Å²) in [7, 11) is 0. The van der Waals surface area contributed by atoms with E-state index in [1.807, 2.05) is 32.0 Å². The largest absolute Gasteiger partial charge is 0.378 e. The summed E-state index contributed by atoms with van der Waals surface area (Å²) in [5.74, 6) is -1.33. The number of nitrogens with zero attached hydrogens (tertiary/aromatic N) is 2. The van der Waals surface area contributed by atoms with Gasteiger partial charge < -0.3 is 11.1 Å². The van der Waals surface area contributed by atoms with Gasteiger partial charge in [-0.25, -0.2) is 4.99 Å². The fraction of sp³-hybridized carbons (Fsp3) is 0.308. The van der Waals surface area contributed by atoms with Crippen LogP contribution in [0.1, 0.15) is 16.7 Å². The minimum Gasteiger partial charge on any atom is -0.378 e. The highest BCUT2D eigenvalue weighted by Gasteiger charge is 2.32. The maximum Gasteiger partial charge on any atom is 0.326 e. The average molecular weight is 275 g/mol. The van der Waals surface area contributed by atoms with Crippen LogP contribution in [0.4, 0.5) is 0 Å². The maximum absolute atomic E-state index is 10.7. The second kappa shape index (κ2) is 4.93. The molecule has 1 atom stereocenters. The van der Waals surface area contributed by atoms with Crippen LogP contribution in [0, 0.1) is 24.0 Å². The quantitative estimate of drug-likeness (QED) is 0.549. The first kappa shape index (κ1) is 14.0. The van der Waals surface area contributed by atoms with Gasteiger partial charge in [0.25, 0.3) is 0 Å². The van der Waals surface area contributed by atoms with Gasteiger partial charge >= 0.3 is 5.70 Å². The smallest absolute Gasteiger partial charge is 0.326 e. The summed E-state index contributed by atoms with van der Waals surface area (Å²) in [5, 5.41) is 13.5. The van der Waals surface area contributed by atoms with Gasteiger partial charge in [-0.05, 0) is 25.0 Å². The lowest BCUT2D eigenvalue weighted by Gasteiger charge is -2.29. The van der Waals surface area contributed by atoms with Crippen LogP contribution in [0.25, 0.3) is 0 Å². The van der Waals surface area contributed by atoms with E-state index in [-0.39, 0.29) is 11.5 Å². The molecule has 0 fully saturated rings. The molecule has 2 rings (SSSR count). The van der Waals surface area contributed by atoms with Gasteiger partial charge in [-0.1, -0.05) is 23.8 Å². The van der Waals surface area contributed by atoms with Crippen LogP contribution in [0.2, 0.25) is 0 Å². The first-order valence-corrected chi connectivity index (χ1v) is 6.14. The SMILES string of the molecule is Cc1ccc(C)c(CC2(N)N=C(N)C([N+](=O)[O-])=CN2)c1. The Bertz CT molecular complexity index is 623. The van der Waals surface area contributed by atoms with Crippen LogP contribution >= 0.6 is 0 Å². The molecule has 0 saturated carbocycles. The Labute approximate surface area is 116 Å². The Hall–Kier alpha value is -2.41. The number of nitro groups is 1. The molecule has 1 heterocycles. The Morgan fingerprint density at radius 1 is 1.45 bits per heavy atom. The van der Waals surface area contributed by atoms with Gasteiger partial charge in [0, 0.05) is 6.42 Å². The van der Waals surface area contributed by atoms with Crippen LogP contribution < -0.4 is 16.8 Å². The minimum absolute atomic E-state index is 0.165. The Kier molecular flexibility index (Phi) is 3.46. The molecule has 7 heteroatoms. The van der Waals surface area contributed by atoms with Gasteiger partial charge in [0.05, 0.1) is 11.1 Å². The number of aliphatic imine (C=N–C) groups is 1. The van der Waals surface area contributed by atoms with Crippen molar-refractivity contribution >= 4 is 5.84 Å². The summed E-state index contributed by atoms with van der Waals surface area (Å²) in [4.78, 5) is 14.2. The van der Waals surface area contributed by atoms with E-state index in [9.17, 15) is 10.1 Å². The van der Waals surface area contributed by atoms with Crippen molar-refractivity contribution in [3.05, 3.63) is 56.9 Å². The van der Waals surface area contributed by atoms with Gasteiger partial charge in [-0.2, -0.15) is 0 Å². The Balaban J connectivity index is 2.27. The number of aryl methyl sites for hydroxylation is 2. The van der Waals surface area contributed by atoms with E-state index in [4.69, 9.17) is 11.5 Å². The van der Waals surface area contributed by atoms with Gasteiger partial charge in [-0.15, -0.1) is 0 Å². The number of benzene rings is 1. The average Bonchev–Trinajstić information content (AvgIpc) is 2.33. The van der Waals surface area contributed by atoms with Gasteiger partial charge in [0.15, 0.2) is 5.79 Å². The molecule has 0 aliphatic carbocycles. The lowest BCUT2D eigenvalue weighted by atomic mass is 9.99. The highest BCUT2D eigenvalue weighted by atomic mass is 16.6. The molecule has 0 amide bonds. The minimum atomic E-state index is -1.16. The van der Waals surface area contributed by atoms with Crippen molar-refractivity contribution in [1.82, 2.24) is 5.32 Å². The number of amidine groups is 1. The van der Waals surface area contributed by atoms with Crippen molar-refractivity contribution in [2.45, 2.75) is 26.1 Å². The molecule has 1 aromatic rings. The standard InChI is InChI=1S/C13H17N5O2/c1-8-3-4-9(2)10(5-8)6-13(15)16-7-11(18(19)20)12(14)17-13/h3-5,7,16H,6,15H2,1-2H3,(H2,14,17). The van der Waals surface area contributed by atoms with E-state index in [2.05, 4.69) is 10.3 Å². The van der Waals surface area contributed by atoms with Crippen LogP contribution in [0.3, 0.4) is 0 Å². The lowest BCUT2D eigenvalue weighted by Crippen LogP contribution is -2.55. The third-order valence-electron chi connectivity index (χ3n) is 3.20. The number of hydrogen-bond donors (Lipinski definition) is 3. The second-order valence-corrected chi connectivity index (χ2v) is 4.96. The molecular formula is C13H17N5O2. The third-order valence-corrected chi connectivity index (χ3v) is 3.20. The molecular weight excluding hydrogens is 258 g/mol. The van der Waals surface area contributed by atoms with Crippen LogP contribution in [0.5, 0.6) is 0 Å². The zero-order chi connectivity index (χ0) is 14.9. The van der Waals surface area contributed by atoms with E-state index in [1.165, 1.54) is 6.20 Å². The number of hydrogen-bond acceptors (Lipinski definition) is 6. The van der Waals surface area contributed by atoms with Crippen molar-refractivity contribution < 1.29 is 4.92 Å². The normalized spacial score (nSPS) is 21.8. The fourth-order valence-corrected chi connectivity index (χ4v) is 2.09. The number of nitrogens with two attached hydrogens (primary N) is 2. The van der Waals surface area contributed by atoms with Gasteiger partial charge in [0.2, 0.25) is 5.84 Å². The predicted molar refractivity (Wildman–Crippen MR) is 76.4 cm³/mol. The summed E-state index contributed by atoms with van der Waals surface area (Å²) >= 11 is 0.